The quantitative estimate of drug-likeness (QED) is 0.826. The minimum atomic E-state index is -0.509. The Morgan fingerprint density at radius 1 is 1.43 bits per heavy atom. The van der Waals surface area contributed by atoms with E-state index in [-0.39, 0.29) is 18.9 Å². The van der Waals surface area contributed by atoms with Crippen molar-refractivity contribution in [2.24, 2.45) is 0 Å². The molecule has 1 amide bonds. The van der Waals surface area contributed by atoms with Gasteiger partial charge in [-0.15, -0.1) is 11.3 Å². The number of hydrogen-bond acceptors (Lipinski definition) is 5. The number of nitrogens with one attached hydrogen (secondary N) is 2. The summed E-state index contributed by atoms with van der Waals surface area (Å²) in [5.74, 6) is 0.220. The van der Waals surface area contributed by atoms with Crippen LogP contribution >= 0.6 is 11.3 Å². The summed E-state index contributed by atoms with van der Waals surface area (Å²) in [7, 11) is 0. The largest absolute Gasteiger partial charge is 0.351 e. The van der Waals surface area contributed by atoms with Crippen molar-refractivity contribution in [3.05, 3.63) is 48.7 Å². The molecule has 0 aliphatic rings. The molecule has 0 spiro atoms. The normalized spacial score (nSPS) is 11.0. The molecule has 0 saturated carbocycles. The molecule has 0 atom stereocenters. The van der Waals surface area contributed by atoms with Gasteiger partial charge in [0, 0.05) is 36.0 Å². The number of thiazole rings is 1. The number of aryl methyl sites for hydroxylation is 2. The molecule has 124 valence electrons. The average Bonchev–Trinajstić information content (AvgIpc) is 2.85. The molecule has 8 heteroatoms. The summed E-state index contributed by atoms with van der Waals surface area (Å²) in [6, 6.07) is 1.26. The number of aromatic nitrogens is 3. The van der Waals surface area contributed by atoms with Crippen LogP contribution < -0.4 is 16.6 Å². The summed E-state index contributed by atoms with van der Waals surface area (Å²) in [6.07, 6.45) is 1.55. The molecular formula is C15H20N4O3S. The minimum absolute atomic E-state index is 0.151. The fraction of sp³-hybridized carbons (Fsp3) is 0.467. The Labute approximate surface area is 137 Å². The fourth-order valence-electron chi connectivity index (χ4n) is 1.97. The smallest absolute Gasteiger partial charge is 0.328 e. The van der Waals surface area contributed by atoms with Gasteiger partial charge >= 0.3 is 5.69 Å². The summed E-state index contributed by atoms with van der Waals surface area (Å²) in [5.41, 5.74) is -0.0154. The first-order valence-corrected chi connectivity index (χ1v) is 8.21. The van der Waals surface area contributed by atoms with E-state index in [1.54, 1.807) is 11.3 Å². The van der Waals surface area contributed by atoms with Gasteiger partial charge in [0.1, 0.15) is 0 Å². The van der Waals surface area contributed by atoms with Crippen LogP contribution in [-0.4, -0.2) is 20.4 Å². The standard InChI is InChI=1S/C15H20N4O3S/c1-9(2)14-17-10(3)11(23-14)8-16-12(20)4-6-19-7-5-13(21)18-15(19)22/h5,7,9H,4,6,8H2,1-3H3,(H,16,20)(H,18,21,22). The maximum Gasteiger partial charge on any atom is 0.328 e. The van der Waals surface area contributed by atoms with E-state index in [1.807, 2.05) is 6.92 Å². The molecule has 2 heterocycles. The zero-order valence-corrected chi connectivity index (χ0v) is 14.2. The van der Waals surface area contributed by atoms with Gasteiger partial charge in [-0.1, -0.05) is 13.8 Å². The number of H-pyrrole nitrogens is 1. The third-order valence-electron chi connectivity index (χ3n) is 3.33. The van der Waals surface area contributed by atoms with Crippen molar-refractivity contribution in [2.75, 3.05) is 0 Å². The molecule has 2 aromatic heterocycles. The highest BCUT2D eigenvalue weighted by Crippen LogP contribution is 2.24. The molecule has 0 aliphatic heterocycles. The van der Waals surface area contributed by atoms with Crippen molar-refractivity contribution in [3.8, 4) is 0 Å². The Kier molecular flexibility index (Phi) is 5.49. The van der Waals surface area contributed by atoms with Gasteiger partial charge in [0.15, 0.2) is 0 Å². The van der Waals surface area contributed by atoms with E-state index < -0.39 is 11.2 Å². The Balaban J connectivity index is 1.88. The van der Waals surface area contributed by atoms with Gasteiger partial charge in [0.05, 0.1) is 17.2 Å². The van der Waals surface area contributed by atoms with Crippen LogP contribution in [0.5, 0.6) is 0 Å². The lowest BCUT2D eigenvalue weighted by Gasteiger charge is -2.06. The SMILES string of the molecule is Cc1nc(C(C)C)sc1CNC(=O)CCn1ccc(=O)[nH]c1=O. The zero-order valence-electron chi connectivity index (χ0n) is 13.4. The summed E-state index contributed by atoms with van der Waals surface area (Å²) >= 11 is 1.61. The third-order valence-corrected chi connectivity index (χ3v) is 4.78. The topological polar surface area (TPSA) is 96.8 Å². The highest BCUT2D eigenvalue weighted by atomic mass is 32.1. The second kappa shape index (κ2) is 7.36. The molecule has 0 radical (unpaired) electrons. The minimum Gasteiger partial charge on any atom is -0.351 e. The average molecular weight is 336 g/mol. The second-order valence-electron chi connectivity index (χ2n) is 5.55. The number of nitrogens with zero attached hydrogens (tertiary/aromatic N) is 2. The molecule has 0 aliphatic carbocycles. The van der Waals surface area contributed by atoms with Crippen LogP contribution in [0.25, 0.3) is 0 Å². The van der Waals surface area contributed by atoms with Crippen molar-refractivity contribution in [1.29, 1.82) is 0 Å². The molecule has 0 unspecified atom stereocenters. The molecular weight excluding hydrogens is 316 g/mol. The lowest BCUT2D eigenvalue weighted by Crippen LogP contribution is -2.31. The van der Waals surface area contributed by atoms with Crippen LogP contribution in [0.15, 0.2) is 21.9 Å². The first-order valence-electron chi connectivity index (χ1n) is 7.39. The summed E-state index contributed by atoms with van der Waals surface area (Å²) in [6.45, 7) is 6.77. The molecule has 0 fully saturated rings. The molecule has 23 heavy (non-hydrogen) atoms. The highest BCUT2D eigenvalue weighted by Gasteiger charge is 2.11. The molecule has 2 rings (SSSR count). The van der Waals surface area contributed by atoms with Gasteiger partial charge in [-0.3, -0.25) is 14.6 Å². The number of carbonyl (C=O) groups is 1. The van der Waals surface area contributed by atoms with Gasteiger partial charge in [-0.2, -0.15) is 0 Å². The monoisotopic (exact) mass is 336 g/mol. The Morgan fingerprint density at radius 3 is 2.78 bits per heavy atom. The van der Waals surface area contributed by atoms with Crippen LogP contribution in [0, 0.1) is 6.92 Å². The van der Waals surface area contributed by atoms with Crippen LogP contribution in [-0.2, 0) is 17.9 Å². The van der Waals surface area contributed by atoms with Crippen molar-refractivity contribution in [1.82, 2.24) is 19.9 Å². The van der Waals surface area contributed by atoms with Gasteiger partial charge in [0.2, 0.25) is 5.91 Å². The maximum atomic E-state index is 11.9. The molecule has 2 N–H and O–H groups in total. The first kappa shape index (κ1) is 17.1. The molecule has 0 saturated heterocycles. The number of amides is 1. The van der Waals surface area contributed by atoms with E-state index in [0.29, 0.717) is 12.5 Å². The number of rotatable bonds is 6. The van der Waals surface area contributed by atoms with E-state index in [4.69, 9.17) is 0 Å². The van der Waals surface area contributed by atoms with Crippen LogP contribution in [0.4, 0.5) is 0 Å². The summed E-state index contributed by atoms with van der Waals surface area (Å²) in [4.78, 5) is 42.1. The van der Waals surface area contributed by atoms with Crippen LogP contribution in [0.3, 0.4) is 0 Å². The van der Waals surface area contributed by atoms with E-state index >= 15 is 0 Å². The van der Waals surface area contributed by atoms with E-state index in [9.17, 15) is 14.4 Å². The van der Waals surface area contributed by atoms with Gasteiger partial charge in [-0.25, -0.2) is 9.78 Å². The molecule has 7 nitrogen and oxygen atoms in total. The Morgan fingerprint density at radius 2 is 2.17 bits per heavy atom. The van der Waals surface area contributed by atoms with Crippen LogP contribution in [0.1, 0.15) is 41.8 Å². The summed E-state index contributed by atoms with van der Waals surface area (Å²) < 4.78 is 1.30. The van der Waals surface area contributed by atoms with Crippen molar-refractivity contribution >= 4 is 17.2 Å². The summed E-state index contributed by atoms with van der Waals surface area (Å²) in [5, 5.41) is 3.90. The zero-order chi connectivity index (χ0) is 17.0. The number of hydrogen-bond donors (Lipinski definition) is 2. The van der Waals surface area contributed by atoms with Crippen molar-refractivity contribution in [3.63, 3.8) is 0 Å². The van der Waals surface area contributed by atoms with E-state index in [1.165, 1.54) is 16.8 Å². The van der Waals surface area contributed by atoms with Crippen molar-refractivity contribution < 1.29 is 4.79 Å². The predicted molar refractivity (Wildman–Crippen MR) is 88.7 cm³/mol. The third kappa shape index (κ3) is 4.62. The van der Waals surface area contributed by atoms with E-state index in [2.05, 4.69) is 29.1 Å². The molecule has 2 aromatic rings. The van der Waals surface area contributed by atoms with Crippen LogP contribution in [0.2, 0.25) is 0 Å². The fourth-order valence-corrected chi connectivity index (χ4v) is 2.98. The lowest BCUT2D eigenvalue weighted by molar-refractivity contribution is -0.121. The Bertz CT molecular complexity index is 804. The lowest BCUT2D eigenvalue weighted by atomic mass is 10.2. The highest BCUT2D eigenvalue weighted by molar-refractivity contribution is 7.11. The number of carbonyl (C=O) groups excluding carboxylic acids is 1. The van der Waals surface area contributed by atoms with Gasteiger partial charge in [-0.05, 0) is 6.92 Å². The molecule has 0 bridgehead atoms. The predicted octanol–water partition coefficient (Wildman–Crippen LogP) is 1.13. The van der Waals surface area contributed by atoms with E-state index in [0.717, 1.165) is 15.6 Å². The Hall–Kier alpha value is -2.22. The van der Waals surface area contributed by atoms with Crippen molar-refractivity contribution in [2.45, 2.75) is 46.2 Å². The maximum absolute atomic E-state index is 11.9. The first-order chi connectivity index (χ1) is 10.9. The second-order valence-corrected chi connectivity index (χ2v) is 6.66. The van der Waals surface area contributed by atoms with Gasteiger partial charge in [0.25, 0.3) is 5.56 Å². The van der Waals surface area contributed by atoms with Gasteiger partial charge < -0.3 is 9.88 Å². The number of aromatic amines is 1. The molecule has 0 aromatic carbocycles.